The molecule has 108 valence electrons. The summed E-state index contributed by atoms with van der Waals surface area (Å²) in [5.41, 5.74) is 1.20. The summed E-state index contributed by atoms with van der Waals surface area (Å²) < 4.78 is 0. The summed E-state index contributed by atoms with van der Waals surface area (Å²) in [6.07, 6.45) is 8.02. The second-order valence-electron chi connectivity index (χ2n) is 5.58. The van der Waals surface area contributed by atoms with Crippen LogP contribution >= 0.6 is 11.3 Å². The zero-order valence-electron chi connectivity index (χ0n) is 12.5. The van der Waals surface area contributed by atoms with Gasteiger partial charge in [-0.05, 0) is 32.7 Å². The Morgan fingerprint density at radius 1 is 1.32 bits per heavy atom. The third kappa shape index (κ3) is 3.93. The number of hydrogen-bond acceptors (Lipinski definition) is 4. The predicted molar refractivity (Wildman–Crippen MR) is 84.1 cm³/mol. The summed E-state index contributed by atoms with van der Waals surface area (Å²) in [5, 5.41) is 4.68. The highest BCUT2D eigenvalue weighted by molar-refractivity contribution is 7.15. The second-order valence-corrected chi connectivity index (χ2v) is 6.65. The maximum absolute atomic E-state index is 4.77. The van der Waals surface area contributed by atoms with Gasteiger partial charge < -0.3 is 10.2 Å². The Balaban J connectivity index is 1.97. The van der Waals surface area contributed by atoms with Crippen molar-refractivity contribution in [2.24, 2.45) is 0 Å². The zero-order chi connectivity index (χ0) is 13.7. The lowest BCUT2D eigenvalue weighted by Crippen LogP contribution is -2.33. The monoisotopic (exact) mass is 281 g/mol. The first-order chi connectivity index (χ1) is 9.22. The summed E-state index contributed by atoms with van der Waals surface area (Å²) in [4.78, 5) is 8.58. The molecule has 0 radical (unpaired) electrons. The van der Waals surface area contributed by atoms with Crippen LogP contribution in [-0.4, -0.2) is 24.6 Å². The lowest BCUT2D eigenvalue weighted by Gasteiger charge is -2.30. The smallest absolute Gasteiger partial charge is 0.185 e. The molecule has 0 atom stereocenters. The average Bonchev–Trinajstić information content (AvgIpc) is 2.81. The third-order valence-corrected chi connectivity index (χ3v) is 5.27. The number of hydrogen-bond donors (Lipinski definition) is 1. The molecule has 1 aliphatic rings. The summed E-state index contributed by atoms with van der Waals surface area (Å²) in [5.74, 6) is 0. The molecule has 0 bridgehead atoms. The van der Waals surface area contributed by atoms with Gasteiger partial charge in [-0.15, -0.1) is 11.3 Å². The van der Waals surface area contributed by atoms with Crippen molar-refractivity contribution in [2.75, 3.05) is 18.5 Å². The highest BCUT2D eigenvalue weighted by Crippen LogP contribution is 2.30. The highest BCUT2D eigenvalue weighted by atomic mass is 32.1. The summed E-state index contributed by atoms with van der Waals surface area (Å²) in [7, 11) is 2.22. The van der Waals surface area contributed by atoms with E-state index in [0.717, 1.165) is 13.1 Å². The fourth-order valence-corrected chi connectivity index (χ4v) is 3.79. The van der Waals surface area contributed by atoms with E-state index in [1.54, 1.807) is 0 Å². The van der Waals surface area contributed by atoms with E-state index in [2.05, 4.69) is 31.1 Å². The topological polar surface area (TPSA) is 28.2 Å². The lowest BCUT2D eigenvalue weighted by atomic mass is 9.95. The predicted octanol–water partition coefficient (Wildman–Crippen LogP) is 3.72. The quantitative estimate of drug-likeness (QED) is 0.806. The molecule has 19 heavy (non-hydrogen) atoms. The number of nitrogens with zero attached hydrogens (tertiary/aromatic N) is 2. The van der Waals surface area contributed by atoms with E-state index in [1.165, 1.54) is 54.2 Å². The Morgan fingerprint density at radius 2 is 2.05 bits per heavy atom. The van der Waals surface area contributed by atoms with Crippen molar-refractivity contribution >= 4 is 16.5 Å². The van der Waals surface area contributed by atoms with Gasteiger partial charge in [0.2, 0.25) is 0 Å². The van der Waals surface area contributed by atoms with Crippen molar-refractivity contribution in [2.45, 2.75) is 65.0 Å². The van der Waals surface area contributed by atoms with Gasteiger partial charge >= 0.3 is 0 Å². The summed E-state index contributed by atoms with van der Waals surface area (Å²) >= 11 is 1.86. The minimum atomic E-state index is 0.704. The van der Waals surface area contributed by atoms with Crippen LogP contribution in [0, 0.1) is 6.92 Å². The van der Waals surface area contributed by atoms with Crippen LogP contribution in [0.25, 0.3) is 0 Å². The molecule has 2 rings (SSSR count). The first kappa shape index (κ1) is 14.8. The van der Waals surface area contributed by atoms with Gasteiger partial charge in [0.15, 0.2) is 5.13 Å². The van der Waals surface area contributed by atoms with E-state index in [-0.39, 0.29) is 0 Å². The summed E-state index contributed by atoms with van der Waals surface area (Å²) in [6, 6.07) is 0.704. The fourth-order valence-electron chi connectivity index (χ4n) is 2.73. The summed E-state index contributed by atoms with van der Waals surface area (Å²) in [6.45, 7) is 6.40. The van der Waals surface area contributed by atoms with Crippen molar-refractivity contribution in [3.8, 4) is 0 Å². The molecule has 0 amide bonds. The van der Waals surface area contributed by atoms with Gasteiger partial charge in [-0.1, -0.05) is 26.2 Å². The minimum Gasteiger partial charge on any atom is -0.348 e. The molecule has 1 aromatic rings. The first-order valence-corrected chi connectivity index (χ1v) is 8.44. The van der Waals surface area contributed by atoms with Gasteiger partial charge in [0.1, 0.15) is 0 Å². The number of anilines is 1. The van der Waals surface area contributed by atoms with Crippen LogP contribution in [0.5, 0.6) is 0 Å². The van der Waals surface area contributed by atoms with Crippen molar-refractivity contribution in [3.63, 3.8) is 0 Å². The number of aryl methyl sites for hydroxylation is 1. The van der Waals surface area contributed by atoms with E-state index < -0.39 is 0 Å². The van der Waals surface area contributed by atoms with Crippen LogP contribution < -0.4 is 10.2 Å². The van der Waals surface area contributed by atoms with Crippen LogP contribution in [0.1, 0.15) is 56.0 Å². The third-order valence-electron chi connectivity index (χ3n) is 4.02. The van der Waals surface area contributed by atoms with E-state index in [4.69, 9.17) is 4.98 Å². The van der Waals surface area contributed by atoms with Crippen molar-refractivity contribution in [1.29, 1.82) is 0 Å². The van der Waals surface area contributed by atoms with Crippen LogP contribution in [0.15, 0.2) is 0 Å². The molecule has 0 aliphatic heterocycles. The van der Waals surface area contributed by atoms with Crippen LogP contribution in [0.3, 0.4) is 0 Å². The Kier molecular flexibility index (Phi) is 5.64. The molecule has 3 nitrogen and oxygen atoms in total. The highest BCUT2D eigenvalue weighted by Gasteiger charge is 2.21. The first-order valence-electron chi connectivity index (χ1n) is 7.62. The largest absolute Gasteiger partial charge is 0.348 e. The van der Waals surface area contributed by atoms with Gasteiger partial charge in [-0.25, -0.2) is 4.98 Å². The van der Waals surface area contributed by atoms with Gasteiger partial charge in [0, 0.05) is 24.5 Å². The molecule has 1 heterocycles. The Hall–Kier alpha value is -0.610. The SMILES string of the molecule is CCCNCc1sc(N(C)C2CCCCC2)nc1C. The normalized spacial score (nSPS) is 16.8. The standard InChI is InChI=1S/C15H27N3S/c1-4-10-16-11-14-12(2)17-15(19-14)18(3)13-8-6-5-7-9-13/h13,16H,4-11H2,1-3H3. The number of aromatic nitrogens is 1. The van der Waals surface area contributed by atoms with E-state index in [9.17, 15) is 0 Å². The van der Waals surface area contributed by atoms with E-state index in [0.29, 0.717) is 6.04 Å². The van der Waals surface area contributed by atoms with E-state index >= 15 is 0 Å². The molecule has 1 fully saturated rings. The van der Waals surface area contributed by atoms with Crippen molar-refractivity contribution in [1.82, 2.24) is 10.3 Å². The van der Waals surface area contributed by atoms with Gasteiger partial charge in [0.25, 0.3) is 0 Å². The van der Waals surface area contributed by atoms with E-state index in [1.807, 2.05) is 11.3 Å². The average molecular weight is 281 g/mol. The molecular weight excluding hydrogens is 254 g/mol. The van der Waals surface area contributed by atoms with Gasteiger partial charge in [0.05, 0.1) is 5.69 Å². The van der Waals surface area contributed by atoms with Crippen LogP contribution in [0.2, 0.25) is 0 Å². The van der Waals surface area contributed by atoms with Crippen molar-refractivity contribution < 1.29 is 0 Å². The lowest BCUT2D eigenvalue weighted by molar-refractivity contribution is 0.427. The second kappa shape index (κ2) is 7.25. The Morgan fingerprint density at radius 3 is 2.74 bits per heavy atom. The maximum Gasteiger partial charge on any atom is 0.185 e. The number of nitrogens with one attached hydrogen (secondary N) is 1. The Labute approximate surface area is 121 Å². The minimum absolute atomic E-state index is 0.704. The molecule has 1 aliphatic carbocycles. The molecule has 4 heteroatoms. The number of thiazole rings is 1. The van der Waals surface area contributed by atoms with Crippen LogP contribution in [0.4, 0.5) is 5.13 Å². The van der Waals surface area contributed by atoms with Crippen molar-refractivity contribution in [3.05, 3.63) is 10.6 Å². The molecule has 1 N–H and O–H groups in total. The number of rotatable bonds is 6. The molecular formula is C15H27N3S. The fraction of sp³-hybridized carbons (Fsp3) is 0.800. The molecule has 0 saturated heterocycles. The van der Waals surface area contributed by atoms with Crippen LogP contribution in [-0.2, 0) is 6.54 Å². The van der Waals surface area contributed by atoms with Gasteiger partial charge in [-0.2, -0.15) is 0 Å². The van der Waals surface area contributed by atoms with Gasteiger partial charge in [-0.3, -0.25) is 0 Å². The molecule has 0 aromatic carbocycles. The molecule has 0 unspecified atom stereocenters. The maximum atomic E-state index is 4.77. The zero-order valence-corrected chi connectivity index (χ0v) is 13.4. The Bertz CT molecular complexity index is 383. The molecule has 0 spiro atoms. The molecule has 1 aromatic heterocycles. The molecule has 1 saturated carbocycles.